The second-order valence-electron chi connectivity index (χ2n) is 4.67. The number of aromatic nitrogens is 3. The molecule has 0 aromatic carbocycles. The molecular formula is C18H21ClN4O4Y4-4. The van der Waals surface area contributed by atoms with Gasteiger partial charge in [0.25, 0.3) is 0 Å². The number of halogens is 1. The monoisotopic (exact) mass is 748 g/mol. The van der Waals surface area contributed by atoms with Crippen LogP contribution in [0.3, 0.4) is 0 Å². The molecule has 3 aromatic rings. The molecule has 0 amide bonds. The summed E-state index contributed by atoms with van der Waals surface area (Å²) < 4.78 is 13.3. The van der Waals surface area contributed by atoms with Crippen molar-refractivity contribution >= 4 is 16.8 Å². The number of terminal acetylenes is 1. The van der Waals surface area contributed by atoms with E-state index in [9.17, 15) is 0 Å². The minimum absolute atomic E-state index is 0. The average Bonchev–Trinajstić information content (AvgIpc) is 3.38. The maximum absolute atomic E-state index is 7.60. The van der Waals surface area contributed by atoms with Gasteiger partial charge in [0, 0.05) is 131 Å². The quantitative estimate of drug-likeness (QED) is 0.121. The Hall–Kier alpha value is 1.37. The first kappa shape index (κ1) is 45.8. The molecule has 0 aliphatic rings. The van der Waals surface area contributed by atoms with Gasteiger partial charge in [-0.1, -0.05) is 68.5 Å². The zero-order valence-electron chi connectivity index (χ0n) is 18.3. The maximum Gasteiger partial charge on any atom is 0.142 e. The summed E-state index contributed by atoms with van der Waals surface area (Å²) in [7, 11) is 0. The molecule has 0 spiro atoms. The van der Waals surface area contributed by atoms with Crippen LogP contribution < -0.4 is 0 Å². The van der Waals surface area contributed by atoms with Crippen LogP contribution in [0.2, 0.25) is 0 Å². The van der Waals surface area contributed by atoms with Crippen molar-refractivity contribution in [3.63, 3.8) is 0 Å². The summed E-state index contributed by atoms with van der Waals surface area (Å²) >= 11 is 4.96. The van der Waals surface area contributed by atoms with E-state index in [0.717, 1.165) is 28.2 Å². The van der Waals surface area contributed by atoms with Crippen LogP contribution in [0.25, 0.3) is 0 Å². The minimum Gasteiger partial charge on any atom is -0.697 e. The van der Waals surface area contributed by atoms with Crippen molar-refractivity contribution in [2.24, 2.45) is 5.16 Å². The van der Waals surface area contributed by atoms with E-state index in [1.807, 2.05) is 34.6 Å². The first-order valence-corrected chi connectivity index (χ1v) is 7.69. The van der Waals surface area contributed by atoms with Crippen LogP contribution in [0.4, 0.5) is 0 Å². The third-order valence-corrected chi connectivity index (χ3v) is 2.57. The van der Waals surface area contributed by atoms with Gasteiger partial charge in [-0.2, -0.15) is 17.2 Å². The SMILES string of the molecule is C/C(Cl)=N/O.Cc1[c-]onc1C.Cc1[c-]onc1C.Cc1c[c-]on1.[C-]#C.[Y].[Y].[Y].[Y]. The van der Waals surface area contributed by atoms with E-state index in [1.165, 1.54) is 6.92 Å². The van der Waals surface area contributed by atoms with Crippen molar-refractivity contribution in [3.8, 4) is 6.42 Å². The molecule has 0 bridgehead atoms. The molecule has 0 saturated heterocycles. The zero-order chi connectivity index (χ0) is 21.2. The van der Waals surface area contributed by atoms with E-state index < -0.39 is 0 Å². The predicted molar refractivity (Wildman–Crippen MR) is 98.6 cm³/mol. The van der Waals surface area contributed by atoms with Gasteiger partial charge < -0.3 is 31.6 Å². The van der Waals surface area contributed by atoms with Crippen LogP contribution in [-0.4, -0.2) is 25.8 Å². The summed E-state index contributed by atoms with van der Waals surface area (Å²) in [6.07, 6.45) is 16.6. The van der Waals surface area contributed by atoms with Gasteiger partial charge in [0.1, 0.15) is 5.17 Å². The molecule has 0 aliphatic heterocycles. The average molecular weight is 748 g/mol. The second-order valence-corrected chi connectivity index (χ2v) is 5.22. The second kappa shape index (κ2) is 31.4. The number of rotatable bonds is 0. The molecule has 3 heterocycles. The maximum atomic E-state index is 7.60. The Bertz CT molecular complexity index is 703. The fourth-order valence-electron chi connectivity index (χ4n) is 0.840. The molecule has 0 atom stereocenters. The van der Waals surface area contributed by atoms with Gasteiger partial charge in [-0.25, -0.2) is 15.5 Å². The third kappa shape index (κ3) is 29.3. The number of hydrogen-bond donors (Lipinski definition) is 1. The molecule has 31 heavy (non-hydrogen) atoms. The van der Waals surface area contributed by atoms with Crippen molar-refractivity contribution < 1.29 is 150 Å². The van der Waals surface area contributed by atoms with Gasteiger partial charge in [0.15, 0.2) is 0 Å². The van der Waals surface area contributed by atoms with E-state index in [4.69, 9.17) is 23.2 Å². The molecule has 8 nitrogen and oxygen atoms in total. The molecule has 3 aromatic heterocycles. The van der Waals surface area contributed by atoms with Crippen LogP contribution in [0, 0.1) is 66.3 Å². The van der Waals surface area contributed by atoms with Gasteiger partial charge in [0.2, 0.25) is 0 Å². The van der Waals surface area contributed by atoms with Crippen LogP contribution in [0.15, 0.2) is 24.8 Å². The summed E-state index contributed by atoms with van der Waals surface area (Å²) in [5.74, 6) is 0. The molecule has 0 unspecified atom stereocenters. The van der Waals surface area contributed by atoms with Crippen LogP contribution >= 0.6 is 11.6 Å². The first-order valence-electron chi connectivity index (χ1n) is 7.31. The third-order valence-electron chi connectivity index (χ3n) is 2.50. The molecule has 0 saturated carbocycles. The first-order chi connectivity index (χ1) is 12.8. The van der Waals surface area contributed by atoms with E-state index >= 15 is 0 Å². The van der Waals surface area contributed by atoms with Gasteiger partial charge >= 0.3 is 0 Å². The van der Waals surface area contributed by atoms with E-state index in [0.29, 0.717) is 0 Å². The normalized spacial score (nSPS) is 7.97. The summed E-state index contributed by atoms with van der Waals surface area (Å²) in [6.45, 7) is 10.9. The largest absolute Gasteiger partial charge is 0.697 e. The fourth-order valence-corrected chi connectivity index (χ4v) is 0.840. The number of oxime groups is 1. The fraction of sp³-hybridized carbons (Fsp3) is 0.333. The zero-order valence-corrected chi connectivity index (χ0v) is 30.4. The summed E-state index contributed by atoms with van der Waals surface area (Å²) in [6, 6.07) is 1.68. The van der Waals surface area contributed by atoms with Crippen LogP contribution in [0.5, 0.6) is 0 Å². The van der Waals surface area contributed by atoms with Crippen molar-refractivity contribution in [3.05, 3.63) is 59.5 Å². The van der Waals surface area contributed by atoms with Gasteiger partial charge in [-0.05, 0) is 25.7 Å². The molecular weight excluding hydrogens is 727 g/mol. The van der Waals surface area contributed by atoms with Gasteiger partial charge in [-0.3, -0.25) is 0 Å². The summed E-state index contributed by atoms with van der Waals surface area (Å²) in [5.41, 5.74) is 4.68. The molecule has 0 fully saturated rings. The number of aryl methyl sites for hydroxylation is 5. The molecule has 0 aliphatic carbocycles. The van der Waals surface area contributed by atoms with Crippen molar-refractivity contribution in [1.82, 2.24) is 15.5 Å². The van der Waals surface area contributed by atoms with Crippen LogP contribution in [0.1, 0.15) is 35.1 Å². The minimum atomic E-state index is 0. The van der Waals surface area contributed by atoms with Crippen LogP contribution in [-0.2, 0) is 131 Å². The van der Waals surface area contributed by atoms with E-state index in [1.54, 1.807) is 6.07 Å². The molecule has 13 heteroatoms. The standard InChI is InChI=1S/2C5H6NO.C4H4NO.C2H4ClNO.C2H.4Y/c2*1-4-3-7-6-5(4)2;1-4-2-3-6-5-4;1-2(3)4-5;1-2;;;;/h2*1-2H3;2H,1H3;5H,1H3;1H;;;;/q3*-1;;-1;;;;/b;;;4-2-;;;;;. The smallest absolute Gasteiger partial charge is 0.142 e. The predicted octanol–water partition coefficient (Wildman–Crippen LogP) is 4.20. The Kier molecular flexibility index (Phi) is 46.3. The molecule has 4 radical (unpaired) electrons. The van der Waals surface area contributed by atoms with E-state index in [-0.39, 0.29) is 136 Å². The Balaban J connectivity index is -0.0000000632. The molecule has 160 valence electrons. The van der Waals surface area contributed by atoms with Gasteiger partial charge in [-0.15, -0.1) is 0 Å². The Morgan fingerprint density at radius 3 is 1.32 bits per heavy atom. The topological polar surface area (TPSA) is 111 Å². The van der Waals surface area contributed by atoms with Gasteiger partial charge in [0.05, 0.1) is 0 Å². The number of hydrogen-bond acceptors (Lipinski definition) is 8. The summed E-state index contributed by atoms with van der Waals surface area (Å²) in [5, 5.41) is 21.0. The van der Waals surface area contributed by atoms with E-state index in [2.05, 4.69) is 59.4 Å². The Morgan fingerprint density at radius 1 is 0.903 bits per heavy atom. The van der Waals surface area contributed by atoms with Crippen molar-refractivity contribution in [1.29, 1.82) is 0 Å². The molecule has 1 N–H and O–H groups in total. The van der Waals surface area contributed by atoms with Crippen molar-refractivity contribution in [2.75, 3.05) is 0 Å². The Labute approximate surface area is 289 Å². The number of nitrogens with zero attached hydrogens (tertiary/aromatic N) is 4. The molecule has 3 rings (SSSR count). The van der Waals surface area contributed by atoms with Crippen molar-refractivity contribution in [2.45, 2.75) is 41.5 Å². The summed E-state index contributed by atoms with van der Waals surface area (Å²) in [4.78, 5) is 0. The Morgan fingerprint density at radius 2 is 1.26 bits per heavy atom.